The van der Waals surface area contributed by atoms with Gasteiger partial charge in [-0.3, -0.25) is 14.5 Å². The number of carbonyl (C=O) groups is 2. The Bertz CT molecular complexity index is 1290. The third-order valence-electron chi connectivity index (χ3n) is 6.67. The second-order valence-electron chi connectivity index (χ2n) is 8.71. The quantitative estimate of drug-likeness (QED) is 0.275. The SMILES string of the molecule is CCN(CC)c1ccc(C2/C(=C(\O)c3ccc(F)cc3)C(=O)C(=O)N2c2ccc(C)c(C)c2)cc1. The molecule has 1 amide bonds. The molecule has 0 aliphatic carbocycles. The summed E-state index contributed by atoms with van der Waals surface area (Å²) in [4.78, 5) is 30.2. The van der Waals surface area contributed by atoms with Crippen molar-refractivity contribution in [2.24, 2.45) is 0 Å². The van der Waals surface area contributed by atoms with E-state index in [4.69, 9.17) is 0 Å². The highest BCUT2D eigenvalue weighted by molar-refractivity contribution is 6.51. The fraction of sp³-hybridized carbons (Fsp3) is 0.241. The van der Waals surface area contributed by atoms with Crippen LogP contribution in [0.1, 0.15) is 42.1 Å². The Kier molecular flexibility index (Phi) is 6.74. The van der Waals surface area contributed by atoms with Gasteiger partial charge in [0.25, 0.3) is 11.7 Å². The number of amides is 1. The van der Waals surface area contributed by atoms with Gasteiger partial charge in [0.1, 0.15) is 11.6 Å². The van der Waals surface area contributed by atoms with Gasteiger partial charge in [0.15, 0.2) is 0 Å². The molecule has 3 aromatic carbocycles. The lowest BCUT2D eigenvalue weighted by atomic mass is 9.94. The monoisotopic (exact) mass is 472 g/mol. The summed E-state index contributed by atoms with van der Waals surface area (Å²) in [5.41, 5.74) is 4.61. The van der Waals surface area contributed by atoms with Crippen molar-refractivity contribution in [2.75, 3.05) is 22.9 Å². The molecule has 1 heterocycles. The van der Waals surface area contributed by atoms with E-state index in [9.17, 15) is 19.1 Å². The molecule has 1 atom stereocenters. The van der Waals surface area contributed by atoms with Crippen LogP contribution in [0.5, 0.6) is 0 Å². The topological polar surface area (TPSA) is 60.9 Å². The molecule has 0 aromatic heterocycles. The van der Waals surface area contributed by atoms with E-state index in [0.717, 1.165) is 29.9 Å². The van der Waals surface area contributed by atoms with Crippen molar-refractivity contribution in [3.05, 3.63) is 100 Å². The fourth-order valence-electron chi connectivity index (χ4n) is 4.51. The number of carbonyl (C=O) groups excluding carboxylic acids is 2. The average Bonchev–Trinajstić information content (AvgIpc) is 3.12. The first kappa shape index (κ1) is 24.2. The molecule has 1 fully saturated rings. The van der Waals surface area contributed by atoms with Crippen molar-refractivity contribution in [1.82, 2.24) is 0 Å². The molecule has 3 aromatic rings. The van der Waals surface area contributed by atoms with Crippen molar-refractivity contribution in [2.45, 2.75) is 33.7 Å². The van der Waals surface area contributed by atoms with Crippen LogP contribution >= 0.6 is 0 Å². The summed E-state index contributed by atoms with van der Waals surface area (Å²) in [6.07, 6.45) is 0. The van der Waals surface area contributed by atoms with Crippen LogP contribution < -0.4 is 9.80 Å². The number of rotatable bonds is 6. The third kappa shape index (κ3) is 4.44. The van der Waals surface area contributed by atoms with Crippen LogP contribution in [0, 0.1) is 19.7 Å². The highest BCUT2D eigenvalue weighted by Gasteiger charge is 2.47. The van der Waals surface area contributed by atoms with Crippen molar-refractivity contribution < 1.29 is 19.1 Å². The van der Waals surface area contributed by atoms with Gasteiger partial charge < -0.3 is 10.0 Å². The summed E-state index contributed by atoms with van der Waals surface area (Å²) in [5, 5.41) is 11.2. The first-order chi connectivity index (χ1) is 16.8. The zero-order valence-electron chi connectivity index (χ0n) is 20.4. The second kappa shape index (κ2) is 9.74. The van der Waals surface area contributed by atoms with Gasteiger partial charge in [-0.05, 0) is 92.9 Å². The van der Waals surface area contributed by atoms with E-state index in [1.807, 2.05) is 56.3 Å². The van der Waals surface area contributed by atoms with Crippen molar-refractivity contribution in [3.63, 3.8) is 0 Å². The number of benzene rings is 3. The van der Waals surface area contributed by atoms with Crippen LogP contribution in [-0.2, 0) is 9.59 Å². The van der Waals surface area contributed by atoms with Gasteiger partial charge in [0.2, 0.25) is 0 Å². The maximum Gasteiger partial charge on any atom is 0.300 e. The molecule has 4 rings (SSSR count). The Morgan fingerprint density at radius 3 is 2.11 bits per heavy atom. The van der Waals surface area contributed by atoms with Crippen LogP contribution in [-0.4, -0.2) is 29.9 Å². The lowest BCUT2D eigenvalue weighted by Gasteiger charge is -2.27. The summed E-state index contributed by atoms with van der Waals surface area (Å²) < 4.78 is 13.5. The number of aliphatic hydroxyl groups is 1. The summed E-state index contributed by atoms with van der Waals surface area (Å²) in [7, 11) is 0. The molecular weight excluding hydrogens is 443 g/mol. The first-order valence-electron chi connectivity index (χ1n) is 11.8. The molecule has 180 valence electrons. The van der Waals surface area contributed by atoms with Gasteiger partial charge in [0, 0.05) is 30.0 Å². The minimum Gasteiger partial charge on any atom is -0.507 e. The van der Waals surface area contributed by atoms with Gasteiger partial charge in [-0.15, -0.1) is 0 Å². The van der Waals surface area contributed by atoms with Crippen molar-refractivity contribution >= 4 is 28.8 Å². The fourth-order valence-corrected chi connectivity index (χ4v) is 4.51. The summed E-state index contributed by atoms with van der Waals surface area (Å²) in [6, 6.07) is 17.7. The number of aliphatic hydroxyl groups excluding tert-OH is 1. The predicted octanol–water partition coefficient (Wildman–Crippen LogP) is 5.92. The highest BCUT2D eigenvalue weighted by atomic mass is 19.1. The molecular formula is C29H29FN2O3. The molecule has 1 N–H and O–H groups in total. The minimum absolute atomic E-state index is 0.0181. The van der Waals surface area contributed by atoms with Crippen LogP contribution in [0.2, 0.25) is 0 Å². The largest absolute Gasteiger partial charge is 0.507 e. The Morgan fingerprint density at radius 2 is 1.54 bits per heavy atom. The lowest BCUT2D eigenvalue weighted by molar-refractivity contribution is -0.132. The normalized spacial score (nSPS) is 17.2. The predicted molar refractivity (Wildman–Crippen MR) is 137 cm³/mol. The maximum atomic E-state index is 13.5. The van der Waals surface area contributed by atoms with Crippen LogP contribution in [0.25, 0.3) is 5.76 Å². The van der Waals surface area contributed by atoms with Crippen LogP contribution in [0.4, 0.5) is 15.8 Å². The minimum atomic E-state index is -0.826. The third-order valence-corrected chi connectivity index (χ3v) is 6.67. The molecule has 1 unspecified atom stereocenters. The summed E-state index contributed by atoms with van der Waals surface area (Å²) >= 11 is 0. The van der Waals surface area contributed by atoms with Crippen LogP contribution in [0.3, 0.4) is 0 Å². The number of halogens is 1. The Labute approximate surface area is 205 Å². The van der Waals surface area contributed by atoms with E-state index in [-0.39, 0.29) is 16.9 Å². The zero-order valence-corrected chi connectivity index (χ0v) is 20.4. The average molecular weight is 473 g/mol. The van der Waals surface area contributed by atoms with E-state index in [1.54, 1.807) is 0 Å². The molecule has 0 saturated carbocycles. The molecule has 0 spiro atoms. The number of nitrogens with zero attached hydrogens (tertiary/aromatic N) is 2. The second-order valence-corrected chi connectivity index (χ2v) is 8.71. The number of anilines is 2. The number of hydrogen-bond acceptors (Lipinski definition) is 4. The number of Topliss-reactive ketones (excluding diaryl/α,β-unsaturated/α-hetero) is 1. The molecule has 0 bridgehead atoms. The molecule has 1 aliphatic rings. The van der Waals surface area contributed by atoms with Gasteiger partial charge in [0.05, 0.1) is 11.6 Å². The molecule has 5 nitrogen and oxygen atoms in total. The Morgan fingerprint density at radius 1 is 0.914 bits per heavy atom. The Hall–Kier alpha value is -3.93. The summed E-state index contributed by atoms with van der Waals surface area (Å²) in [6.45, 7) is 9.78. The molecule has 6 heteroatoms. The van der Waals surface area contributed by atoms with Gasteiger partial charge in [-0.1, -0.05) is 18.2 Å². The lowest BCUT2D eigenvalue weighted by Crippen LogP contribution is -2.29. The smallest absolute Gasteiger partial charge is 0.300 e. The first-order valence-corrected chi connectivity index (χ1v) is 11.8. The number of hydrogen-bond donors (Lipinski definition) is 1. The Balaban J connectivity index is 1.90. The van der Waals surface area contributed by atoms with Crippen LogP contribution in [0.15, 0.2) is 72.3 Å². The van der Waals surface area contributed by atoms with Gasteiger partial charge in [-0.2, -0.15) is 0 Å². The van der Waals surface area contributed by atoms with Gasteiger partial charge in [-0.25, -0.2) is 4.39 Å². The van der Waals surface area contributed by atoms with E-state index >= 15 is 0 Å². The molecule has 1 saturated heterocycles. The zero-order chi connectivity index (χ0) is 25.3. The van der Waals surface area contributed by atoms with Crippen molar-refractivity contribution in [1.29, 1.82) is 0 Å². The molecule has 35 heavy (non-hydrogen) atoms. The van der Waals surface area contributed by atoms with E-state index in [1.165, 1.54) is 29.2 Å². The number of ketones is 1. The van der Waals surface area contributed by atoms with E-state index in [0.29, 0.717) is 11.3 Å². The number of aryl methyl sites for hydroxylation is 2. The maximum absolute atomic E-state index is 13.5. The molecule has 0 radical (unpaired) electrons. The van der Waals surface area contributed by atoms with Gasteiger partial charge >= 0.3 is 0 Å². The van der Waals surface area contributed by atoms with Crippen molar-refractivity contribution in [3.8, 4) is 0 Å². The van der Waals surface area contributed by atoms with E-state index in [2.05, 4.69) is 18.7 Å². The molecule has 1 aliphatic heterocycles. The summed E-state index contributed by atoms with van der Waals surface area (Å²) in [5.74, 6) is -2.27. The standard InChI is InChI=1S/C29H29FN2O3/c1-5-31(6-2)23-15-10-20(11-16-23)26-25(27(33)21-8-12-22(30)13-9-21)28(34)29(35)32(26)24-14-7-18(3)19(4)17-24/h7-17,26,33H,5-6H2,1-4H3/b27-25+. The van der Waals surface area contributed by atoms with E-state index < -0.39 is 23.5 Å². The highest BCUT2D eigenvalue weighted by Crippen LogP contribution is 2.42.